The van der Waals surface area contributed by atoms with E-state index in [2.05, 4.69) is 14.7 Å². The molecule has 0 fully saturated rings. The lowest BCUT2D eigenvalue weighted by molar-refractivity contribution is -0.138. The molecule has 0 aliphatic heterocycles. The van der Waals surface area contributed by atoms with Crippen LogP contribution in [-0.4, -0.2) is 9.97 Å². The van der Waals surface area contributed by atoms with Crippen molar-refractivity contribution in [2.75, 3.05) is 4.72 Å². The van der Waals surface area contributed by atoms with Crippen molar-refractivity contribution in [2.24, 2.45) is 0 Å². The number of benzene rings is 2. The molecule has 3 aromatic rings. The summed E-state index contributed by atoms with van der Waals surface area (Å²) in [7, 11) is 0. The number of fused-ring (bicyclic) bond motifs is 1. The van der Waals surface area contributed by atoms with Gasteiger partial charge < -0.3 is 14.7 Å². The zero-order valence-electron chi connectivity index (χ0n) is 13.7. The molecule has 1 aromatic heterocycles. The van der Waals surface area contributed by atoms with Crippen molar-refractivity contribution in [2.45, 2.75) is 24.9 Å². The maximum Gasteiger partial charge on any atom is 0.416 e. The van der Waals surface area contributed by atoms with E-state index in [9.17, 15) is 22.8 Å². The van der Waals surface area contributed by atoms with Crippen LogP contribution in [0.25, 0.3) is 11.0 Å². The summed E-state index contributed by atoms with van der Waals surface area (Å²) < 4.78 is 41.9. The van der Waals surface area contributed by atoms with E-state index in [1.165, 1.54) is 13.0 Å². The number of rotatable bonds is 3. The number of hydrogen-bond acceptors (Lipinski definition) is 4. The highest BCUT2D eigenvalue weighted by atomic mass is 32.2. The van der Waals surface area contributed by atoms with E-state index >= 15 is 0 Å². The molecule has 0 spiro atoms. The maximum absolute atomic E-state index is 13.0. The number of hydrogen-bond donors (Lipinski definition) is 3. The van der Waals surface area contributed by atoms with Crippen LogP contribution in [0.15, 0.2) is 44.8 Å². The van der Waals surface area contributed by atoms with E-state index in [1.807, 2.05) is 0 Å². The molecule has 2 aromatic carbocycles. The predicted octanol–water partition coefficient (Wildman–Crippen LogP) is 3.97. The Morgan fingerprint density at radius 2 is 1.54 bits per heavy atom. The lowest BCUT2D eigenvalue weighted by Crippen LogP contribution is -2.28. The zero-order chi connectivity index (χ0) is 19.1. The molecule has 0 saturated heterocycles. The molecule has 9 heteroatoms. The van der Waals surface area contributed by atoms with Gasteiger partial charge in [-0.15, -0.1) is 0 Å². The first-order valence-electron chi connectivity index (χ1n) is 7.53. The largest absolute Gasteiger partial charge is 0.416 e. The Labute approximate surface area is 149 Å². The van der Waals surface area contributed by atoms with Crippen LogP contribution in [0.2, 0.25) is 0 Å². The topological polar surface area (TPSA) is 77.8 Å². The van der Waals surface area contributed by atoms with Gasteiger partial charge in [-0.3, -0.25) is 9.59 Å². The van der Waals surface area contributed by atoms with Gasteiger partial charge in [-0.1, -0.05) is 6.07 Å². The molecule has 0 amide bonds. The van der Waals surface area contributed by atoms with Crippen molar-refractivity contribution < 1.29 is 13.2 Å². The van der Waals surface area contributed by atoms with Gasteiger partial charge in [0.2, 0.25) is 0 Å². The second kappa shape index (κ2) is 6.56. The van der Waals surface area contributed by atoms with Gasteiger partial charge >= 0.3 is 17.3 Å². The smallest absolute Gasteiger partial charge is 0.326 e. The van der Waals surface area contributed by atoms with Crippen molar-refractivity contribution in [3.63, 3.8) is 0 Å². The van der Waals surface area contributed by atoms with Gasteiger partial charge in [-0.05, 0) is 61.2 Å². The Morgan fingerprint density at radius 1 is 0.923 bits per heavy atom. The van der Waals surface area contributed by atoms with Crippen LogP contribution in [0.1, 0.15) is 16.7 Å². The number of H-pyrrole nitrogens is 2. The van der Waals surface area contributed by atoms with Crippen molar-refractivity contribution in [3.8, 4) is 0 Å². The Bertz CT molecular complexity index is 1100. The van der Waals surface area contributed by atoms with Gasteiger partial charge in [-0.25, -0.2) is 0 Å². The first kappa shape index (κ1) is 18.1. The van der Waals surface area contributed by atoms with E-state index in [0.29, 0.717) is 21.6 Å². The lowest BCUT2D eigenvalue weighted by Gasteiger charge is -2.13. The lowest BCUT2D eigenvalue weighted by atomic mass is 10.1. The van der Waals surface area contributed by atoms with Crippen LogP contribution < -0.4 is 15.8 Å². The number of alkyl halides is 3. The second-order valence-corrected chi connectivity index (χ2v) is 6.65. The summed E-state index contributed by atoms with van der Waals surface area (Å²) in [6.45, 7) is 3.20. The summed E-state index contributed by atoms with van der Waals surface area (Å²) in [5.74, 6) is 0. The number of aromatic nitrogens is 2. The Kier molecular flexibility index (Phi) is 4.57. The van der Waals surface area contributed by atoms with Gasteiger partial charge in [0, 0.05) is 10.6 Å². The van der Waals surface area contributed by atoms with Crippen molar-refractivity contribution in [3.05, 3.63) is 67.7 Å². The molecule has 5 nitrogen and oxygen atoms in total. The second-order valence-electron chi connectivity index (χ2n) is 5.80. The molecule has 0 aliphatic carbocycles. The van der Waals surface area contributed by atoms with Crippen LogP contribution in [-0.2, 0) is 6.18 Å². The fraction of sp³-hybridized carbons (Fsp3) is 0.176. The summed E-state index contributed by atoms with van der Waals surface area (Å²) in [5, 5.41) is 0. The summed E-state index contributed by atoms with van der Waals surface area (Å²) in [5.41, 5.74) is -0.0381. The third kappa shape index (κ3) is 3.62. The molecule has 0 atom stereocenters. The standard InChI is InChI=1S/C17H14F3N3O2S/c1-8-3-4-10(6-11(8)17(18,19)20)23-26-14-7-13-12(5-9(14)2)21-15(24)16(25)22-13/h3-7,23H,1-2H3,(H,21,24)(H,22,25). The maximum atomic E-state index is 13.0. The minimum absolute atomic E-state index is 0.150. The van der Waals surface area contributed by atoms with Crippen molar-refractivity contribution in [1.82, 2.24) is 9.97 Å². The number of aromatic amines is 2. The van der Waals surface area contributed by atoms with Gasteiger partial charge in [0.1, 0.15) is 0 Å². The number of nitrogens with one attached hydrogen (secondary N) is 3. The zero-order valence-corrected chi connectivity index (χ0v) is 14.6. The first-order valence-corrected chi connectivity index (χ1v) is 8.34. The number of halogens is 3. The molecule has 3 N–H and O–H groups in total. The average molecular weight is 381 g/mol. The molecule has 0 aliphatic rings. The van der Waals surface area contributed by atoms with Gasteiger partial charge in [0.25, 0.3) is 0 Å². The summed E-state index contributed by atoms with van der Waals surface area (Å²) in [6.07, 6.45) is -4.42. The molecule has 0 saturated carbocycles. The van der Waals surface area contributed by atoms with Crippen LogP contribution in [0.4, 0.5) is 18.9 Å². The molecule has 0 unspecified atom stereocenters. The highest BCUT2D eigenvalue weighted by molar-refractivity contribution is 8.00. The molecule has 26 heavy (non-hydrogen) atoms. The molecular weight excluding hydrogens is 367 g/mol. The molecule has 1 heterocycles. The highest BCUT2D eigenvalue weighted by Gasteiger charge is 2.32. The monoisotopic (exact) mass is 381 g/mol. The fourth-order valence-corrected chi connectivity index (χ4v) is 3.22. The van der Waals surface area contributed by atoms with Crippen LogP contribution >= 0.6 is 11.9 Å². The summed E-state index contributed by atoms with van der Waals surface area (Å²) in [4.78, 5) is 28.5. The highest BCUT2D eigenvalue weighted by Crippen LogP contribution is 2.35. The van der Waals surface area contributed by atoms with Crippen LogP contribution in [0.5, 0.6) is 0 Å². The minimum atomic E-state index is -4.42. The van der Waals surface area contributed by atoms with Gasteiger partial charge in [0.15, 0.2) is 0 Å². The quantitative estimate of drug-likeness (QED) is 0.474. The SMILES string of the molecule is Cc1cc2[nH]c(=O)c(=O)[nH]c2cc1SNc1ccc(C)c(C(F)(F)F)c1. The third-order valence-electron chi connectivity index (χ3n) is 3.84. The number of anilines is 1. The van der Waals surface area contributed by atoms with E-state index in [0.717, 1.165) is 23.6 Å². The van der Waals surface area contributed by atoms with Crippen LogP contribution in [0, 0.1) is 13.8 Å². The van der Waals surface area contributed by atoms with E-state index in [1.54, 1.807) is 25.1 Å². The molecule has 0 bridgehead atoms. The van der Waals surface area contributed by atoms with Crippen molar-refractivity contribution in [1.29, 1.82) is 0 Å². The first-order chi connectivity index (χ1) is 12.1. The van der Waals surface area contributed by atoms with E-state index < -0.39 is 22.9 Å². The summed E-state index contributed by atoms with van der Waals surface area (Å²) in [6, 6.07) is 7.36. The van der Waals surface area contributed by atoms with Crippen LogP contribution in [0.3, 0.4) is 0 Å². The number of aryl methyl sites for hydroxylation is 2. The fourth-order valence-electron chi connectivity index (χ4n) is 2.47. The average Bonchev–Trinajstić information content (AvgIpc) is 2.55. The Hall–Kier alpha value is -2.68. The molecule has 3 rings (SSSR count). The minimum Gasteiger partial charge on any atom is -0.326 e. The normalized spacial score (nSPS) is 11.7. The van der Waals surface area contributed by atoms with E-state index in [-0.39, 0.29) is 5.56 Å². The Balaban J connectivity index is 1.90. The summed E-state index contributed by atoms with van der Waals surface area (Å²) >= 11 is 1.12. The van der Waals surface area contributed by atoms with Gasteiger partial charge in [0.05, 0.1) is 16.6 Å². The van der Waals surface area contributed by atoms with Gasteiger partial charge in [-0.2, -0.15) is 13.2 Å². The molecule has 136 valence electrons. The van der Waals surface area contributed by atoms with E-state index in [4.69, 9.17) is 0 Å². The molecule has 0 radical (unpaired) electrons. The van der Waals surface area contributed by atoms with Crippen molar-refractivity contribution >= 4 is 28.7 Å². The predicted molar refractivity (Wildman–Crippen MR) is 95.6 cm³/mol. The third-order valence-corrected chi connectivity index (χ3v) is 4.84. The molecular formula is C17H14F3N3O2S. The Morgan fingerprint density at radius 3 is 2.15 bits per heavy atom.